The van der Waals surface area contributed by atoms with Crippen LogP contribution in [0.3, 0.4) is 0 Å². The lowest BCUT2D eigenvalue weighted by atomic mass is 9.88. The van der Waals surface area contributed by atoms with Crippen LogP contribution >= 0.6 is 11.3 Å². The molecule has 164 valence electrons. The van der Waals surface area contributed by atoms with Crippen LogP contribution in [0.2, 0.25) is 0 Å². The fraction of sp³-hybridized carbons (Fsp3) is 0.435. The zero-order valence-electron chi connectivity index (χ0n) is 18.0. The molecule has 2 aromatic rings. The zero-order chi connectivity index (χ0) is 22.4. The van der Waals surface area contributed by atoms with E-state index in [1.54, 1.807) is 30.4 Å². The van der Waals surface area contributed by atoms with E-state index in [1.807, 2.05) is 0 Å². The minimum Gasteiger partial charge on any atom is -0.472 e. The van der Waals surface area contributed by atoms with Crippen LogP contribution in [-0.4, -0.2) is 37.1 Å². The van der Waals surface area contributed by atoms with E-state index in [9.17, 15) is 14.9 Å². The van der Waals surface area contributed by atoms with Crippen LogP contribution in [0.4, 0.5) is 9.80 Å². The van der Waals surface area contributed by atoms with Gasteiger partial charge in [0.25, 0.3) is 0 Å². The van der Waals surface area contributed by atoms with Crippen LogP contribution in [0.15, 0.2) is 29.1 Å². The molecule has 3 rings (SSSR count). The molecule has 0 radical (unpaired) electrons. The van der Waals surface area contributed by atoms with E-state index >= 15 is 0 Å². The van der Waals surface area contributed by atoms with Gasteiger partial charge in [-0.05, 0) is 48.8 Å². The number of thiophene rings is 1. The average molecular weight is 442 g/mol. The number of carbonyl (C=O) groups excluding carboxylic acids is 2. The minimum atomic E-state index is -0.305. The summed E-state index contributed by atoms with van der Waals surface area (Å²) in [6.07, 6.45) is 8.15. The van der Waals surface area contributed by atoms with Crippen molar-refractivity contribution in [3.8, 4) is 6.07 Å². The van der Waals surface area contributed by atoms with E-state index in [-0.39, 0.29) is 17.9 Å². The highest BCUT2D eigenvalue weighted by atomic mass is 32.1. The number of hydrogen-bond acceptors (Lipinski definition) is 6. The fourth-order valence-corrected chi connectivity index (χ4v) is 4.93. The number of nitrogens with one attached hydrogen (secondary N) is 1. The third kappa shape index (κ3) is 5.98. The molecule has 1 unspecified atom stereocenters. The van der Waals surface area contributed by atoms with Crippen LogP contribution in [-0.2, 0) is 22.4 Å². The monoisotopic (exact) mass is 441 g/mol. The molecule has 0 bridgehead atoms. The standard InChI is InChI=1S/C23H27N3O4S/c1-15(2)12-26(3)23(28)30-14-17-4-6-18-19(11-24)22(31-20(18)10-17)25-21(27)7-5-16-8-9-29-13-16/h5,7-9,13,15,17H,4,6,10,12,14H2,1-3H3,(H,25,27). The van der Waals surface area contributed by atoms with Crippen molar-refractivity contribution >= 4 is 34.4 Å². The van der Waals surface area contributed by atoms with Gasteiger partial charge in [0.15, 0.2) is 0 Å². The molecule has 1 atom stereocenters. The van der Waals surface area contributed by atoms with Crippen molar-refractivity contribution in [2.45, 2.75) is 33.1 Å². The molecular formula is C23H27N3O4S. The van der Waals surface area contributed by atoms with Gasteiger partial charge in [-0.2, -0.15) is 5.26 Å². The Balaban J connectivity index is 1.60. The summed E-state index contributed by atoms with van der Waals surface area (Å²) in [4.78, 5) is 27.1. The molecule has 2 heterocycles. The maximum Gasteiger partial charge on any atom is 0.409 e. The van der Waals surface area contributed by atoms with Gasteiger partial charge in [0.05, 0.1) is 24.7 Å². The molecule has 2 amide bonds. The first-order valence-corrected chi connectivity index (χ1v) is 11.1. The summed E-state index contributed by atoms with van der Waals surface area (Å²) in [6.45, 7) is 5.12. The molecule has 0 aromatic carbocycles. The molecule has 7 nitrogen and oxygen atoms in total. The van der Waals surface area contributed by atoms with Gasteiger partial charge in [0.1, 0.15) is 11.1 Å². The molecule has 0 aliphatic heterocycles. The SMILES string of the molecule is CC(C)CN(C)C(=O)OCC1CCc2c(sc(NC(=O)C=Cc3ccoc3)c2C#N)C1. The van der Waals surface area contributed by atoms with Crippen molar-refractivity contribution in [1.29, 1.82) is 5.26 Å². The topological polar surface area (TPSA) is 95.6 Å². The van der Waals surface area contributed by atoms with Crippen molar-refractivity contribution in [1.82, 2.24) is 4.90 Å². The summed E-state index contributed by atoms with van der Waals surface area (Å²) in [6, 6.07) is 3.99. The van der Waals surface area contributed by atoms with E-state index in [0.717, 1.165) is 35.3 Å². The maximum absolute atomic E-state index is 12.3. The number of rotatable bonds is 7. The summed E-state index contributed by atoms with van der Waals surface area (Å²) in [5, 5.41) is 13.0. The number of fused-ring (bicyclic) bond motifs is 1. The second-order valence-electron chi connectivity index (χ2n) is 8.16. The van der Waals surface area contributed by atoms with E-state index in [4.69, 9.17) is 9.15 Å². The lowest BCUT2D eigenvalue weighted by molar-refractivity contribution is -0.111. The number of hydrogen-bond donors (Lipinski definition) is 1. The first-order chi connectivity index (χ1) is 14.9. The summed E-state index contributed by atoms with van der Waals surface area (Å²) in [5.41, 5.74) is 2.33. The van der Waals surface area contributed by atoms with Gasteiger partial charge in [-0.1, -0.05) is 13.8 Å². The largest absolute Gasteiger partial charge is 0.472 e. The molecule has 2 aromatic heterocycles. The lowest BCUT2D eigenvalue weighted by Crippen LogP contribution is -2.32. The molecule has 0 spiro atoms. The summed E-state index contributed by atoms with van der Waals surface area (Å²) < 4.78 is 10.5. The third-order valence-electron chi connectivity index (χ3n) is 5.08. The van der Waals surface area contributed by atoms with E-state index < -0.39 is 0 Å². The van der Waals surface area contributed by atoms with Crippen molar-refractivity contribution in [3.05, 3.63) is 46.2 Å². The highest BCUT2D eigenvalue weighted by Gasteiger charge is 2.27. The van der Waals surface area contributed by atoms with Gasteiger partial charge in [-0.25, -0.2) is 4.79 Å². The van der Waals surface area contributed by atoms with E-state index in [2.05, 4.69) is 25.2 Å². The van der Waals surface area contributed by atoms with Crippen molar-refractivity contribution in [3.63, 3.8) is 0 Å². The van der Waals surface area contributed by atoms with Crippen LogP contribution in [0.25, 0.3) is 6.08 Å². The molecule has 0 saturated carbocycles. The Bertz CT molecular complexity index is 985. The van der Waals surface area contributed by atoms with Crippen molar-refractivity contribution in [2.75, 3.05) is 25.5 Å². The van der Waals surface area contributed by atoms with E-state index in [1.165, 1.54) is 23.7 Å². The molecule has 8 heteroatoms. The second-order valence-corrected chi connectivity index (χ2v) is 9.26. The Morgan fingerprint density at radius 1 is 1.48 bits per heavy atom. The quantitative estimate of drug-likeness (QED) is 0.629. The smallest absolute Gasteiger partial charge is 0.409 e. The van der Waals surface area contributed by atoms with Crippen LogP contribution in [0.5, 0.6) is 0 Å². The molecule has 1 N–H and O–H groups in total. The summed E-state index contributed by atoms with van der Waals surface area (Å²) >= 11 is 1.43. The van der Waals surface area contributed by atoms with Gasteiger partial charge >= 0.3 is 6.09 Å². The first-order valence-electron chi connectivity index (χ1n) is 10.3. The number of nitrogens with zero attached hydrogens (tertiary/aromatic N) is 2. The predicted molar refractivity (Wildman–Crippen MR) is 120 cm³/mol. The number of carbonyl (C=O) groups is 2. The number of ether oxygens (including phenoxy) is 1. The zero-order valence-corrected chi connectivity index (χ0v) is 18.8. The third-order valence-corrected chi connectivity index (χ3v) is 6.25. The van der Waals surface area contributed by atoms with Gasteiger partial charge in [0, 0.05) is 30.1 Å². The number of amides is 2. The fourth-order valence-electron chi connectivity index (χ4n) is 3.62. The van der Waals surface area contributed by atoms with Crippen LogP contribution in [0.1, 0.15) is 41.8 Å². The Morgan fingerprint density at radius 2 is 2.29 bits per heavy atom. The molecule has 1 aliphatic carbocycles. The molecule has 0 saturated heterocycles. The Labute approximate surface area is 186 Å². The Kier molecular flexibility index (Phi) is 7.53. The van der Waals surface area contributed by atoms with Gasteiger partial charge < -0.3 is 19.4 Å². The molecule has 1 aliphatic rings. The minimum absolute atomic E-state index is 0.207. The molecule has 31 heavy (non-hydrogen) atoms. The highest BCUT2D eigenvalue weighted by molar-refractivity contribution is 7.16. The Hall–Kier alpha value is -3.05. The summed E-state index contributed by atoms with van der Waals surface area (Å²) in [5.74, 6) is 0.294. The van der Waals surface area contributed by atoms with Crippen molar-refractivity contribution in [2.24, 2.45) is 11.8 Å². The average Bonchev–Trinajstić information content (AvgIpc) is 3.36. The number of nitriles is 1. The van der Waals surface area contributed by atoms with Crippen LogP contribution in [0, 0.1) is 23.2 Å². The number of furan rings is 1. The van der Waals surface area contributed by atoms with Crippen LogP contribution < -0.4 is 5.32 Å². The van der Waals surface area contributed by atoms with E-state index in [0.29, 0.717) is 29.6 Å². The van der Waals surface area contributed by atoms with Gasteiger partial charge in [-0.3, -0.25) is 4.79 Å². The van der Waals surface area contributed by atoms with Gasteiger partial charge in [0.2, 0.25) is 5.91 Å². The summed E-state index contributed by atoms with van der Waals surface area (Å²) in [7, 11) is 1.75. The number of anilines is 1. The highest BCUT2D eigenvalue weighted by Crippen LogP contribution is 2.39. The predicted octanol–water partition coefficient (Wildman–Crippen LogP) is 4.69. The van der Waals surface area contributed by atoms with Gasteiger partial charge in [-0.15, -0.1) is 11.3 Å². The lowest BCUT2D eigenvalue weighted by Gasteiger charge is -2.24. The first kappa shape index (κ1) is 22.6. The van der Waals surface area contributed by atoms with Crippen molar-refractivity contribution < 1.29 is 18.7 Å². The normalized spacial score (nSPS) is 15.5. The Morgan fingerprint density at radius 3 is 2.97 bits per heavy atom. The molecule has 0 fully saturated rings. The second kappa shape index (κ2) is 10.3. The molecular weight excluding hydrogens is 414 g/mol. The maximum atomic E-state index is 12.3.